The summed E-state index contributed by atoms with van der Waals surface area (Å²) in [6, 6.07) is 1.76. The predicted molar refractivity (Wildman–Crippen MR) is 67.4 cm³/mol. The number of aromatic nitrogens is 2. The smallest absolute Gasteiger partial charge is 0.254 e. The maximum atomic E-state index is 11.8. The SMILES string of the molecule is Cc1cc(C(=O)NCCCn2ccnc2)c(C)o1. The average Bonchev–Trinajstić information content (AvgIpc) is 2.94. The third kappa shape index (κ3) is 3.00. The lowest BCUT2D eigenvalue weighted by molar-refractivity contribution is 0.0951. The van der Waals surface area contributed by atoms with Gasteiger partial charge in [-0.2, -0.15) is 0 Å². The Morgan fingerprint density at radius 1 is 1.50 bits per heavy atom. The zero-order valence-corrected chi connectivity index (χ0v) is 10.6. The highest BCUT2D eigenvalue weighted by molar-refractivity contribution is 5.95. The molecule has 0 aliphatic rings. The van der Waals surface area contributed by atoms with E-state index in [0.29, 0.717) is 17.9 Å². The molecule has 0 aromatic carbocycles. The molecule has 2 heterocycles. The molecular weight excluding hydrogens is 230 g/mol. The van der Waals surface area contributed by atoms with Crippen molar-refractivity contribution < 1.29 is 9.21 Å². The highest BCUT2D eigenvalue weighted by Crippen LogP contribution is 2.13. The normalized spacial score (nSPS) is 10.6. The summed E-state index contributed by atoms with van der Waals surface area (Å²) in [7, 11) is 0. The van der Waals surface area contributed by atoms with Crippen molar-refractivity contribution in [2.24, 2.45) is 0 Å². The standard InChI is InChI=1S/C13H17N3O2/c1-10-8-12(11(2)18-10)13(17)15-4-3-6-16-7-5-14-9-16/h5,7-9H,3-4,6H2,1-2H3,(H,15,17). The largest absolute Gasteiger partial charge is 0.466 e. The number of nitrogens with zero attached hydrogens (tertiary/aromatic N) is 2. The van der Waals surface area contributed by atoms with E-state index in [0.717, 1.165) is 18.7 Å². The number of aryl methyl sites for hydroxylation is 3. The highest BCUT2D eigenvalue weighted by atomic mass is 16.3. The average molecular weight is 247 g/mol. The first-order valence-electron chi connectivity index (χ1n) is 5.98. The summed E-state index contributed by atoms with van der Waals surface area (Å²) in [4.78, 5) is 15.8. The molecule has 0 fully saturated rings. The van der Waals surface area contributed by atoms with E-state index in [1.807, 2.05) is 17.7 Å². The van der Waals surface area contributed by atoms with E-state index in [1.54, 1.807) is 25.5 Å². The van der Waals surface area contributed by atoms with Crippen LogP contribution in [0.15, 0.2) is 29.2 Å². The molecule has 0 unspecified atom stereocenters. The van der Waals surface area contributed by atoms with Crippen LogP contribution in [-0.4, -0.2) is 22.0 Å². The second kappa shape index (κ2) is 5.53. The Morgan fingerprint density at radius 2 is 2.33 bits per heavy atom. The number of carbonyl (C=O) groups is 1. The molecule has 2 aromatic heterocycles. The topological polar surface area (TPSA) is 60.1 Å². The van der Waals surface area contributed by atoms with Crippen molar-refractivity contribution in [2.75, 3.05) is 6.54 Å². The van der Waals surface area contributed by atoms with Gasteiger partial charge in [0.05, 0.1) is 11.9 Å². The van der Waals surface area contributed by atoms with Crippen LogP contribution in [-0.2, 0) is 6.54 Å². The van der Waals surface area contributed by atoms with Gasteiger partial charge in [0.1, 0.15) is 11.5 Å². The van der Waals surface area contributed by atoms with E-state index in [1.165, 1.54) is 0 Å². The molecule has 0 bridgehead atoms. The van der Waals surface area contributed by atoms with Gasteiger partial charge in [0.2, 0.25) is 0 Å². The maximum absolute atomic E-state index is 11.8. The van der Waals surface area contributed by atoms with E-state index in [-0.39, 0.29) is 5.91 Å². The quantitative estimate of drug-likeness (QED) is 0.821. The van der Waals surface area contributed by atoms with Crippen LogP contribution >= 0.6 is 0 Å². The van der Waals surface area contributed by atoms with Gasteiger partial charge in [-0.25, -0.2) is 4.98 Å². The molecule has 1 N–H and O–H groups in total. The number of hydrogen-bond donors (Lipinski definition) is 1. The van der Waals surface area contributed by atoms with Crippen LogP contribution in [0, 0.1) is 13.8 Å². The molecule has 1 amide bonds. The Morgan fingerprint density at radius 3 is 2.94 bits per heavy atom. The third-order valence-corrected chi connectivity index (χ3v) is 2.72. The Hall–Kier alpha value is -2.04. The van der Waals surface area contributed by atoms with Gasteiger partial charge < -0.3 is 14.3 Å². The summed E-state index contributed by atoms with van der Waals surface area (Å²) in [6.45, 7) is 5.13. The van der Waals surface area contributed by atoms with Crippen LogP contribution in [0.1, 0.15) is 28.3 Å². The van der Waals surface area contributed by atoms with Crippen molar-refractivity contribution >= 4 is 5.91 Å². The first kappa shape index (κ1) is 12.4. The molecule has 2 rings (SSSR count). The van der Waals surface area contributed by atoms with Crippen LogP contribution in [0.25, 0.3) is 0 Å². The molecule has 0 radical (unpaired) electrons. The molecular formula is C13H17N3O2. The second-order valence-corrected chi connectivity index (χ2v) is 4.24. The number of carbonyl (C=O) groups excluding carboxylic acids is 1. The maximum Gasteiger partial charge on any atom is 0.254 e. The number of imidazole rings is 1. The summed E-state index contributed by atoms with van der Waals surface area (Å²) < 4.78 is 7.31. The lowest BCUT2D eigenvalue weighted by atomic mass is 10.2. The van der Waals surface area contributed by atoms with Crippen molar-refractivity contribution in [3.05, 3.63) is 41.9 Å². The minimum atomic E-state index is -0.0741. The van der Waals surface area contributed by atoms with Gasteiger partial charge in [-0.05, 0) is 26.3 Å². The number of nitrogens with one attached hydrogen (secondary N) is 1. The summed E-state index contributed by atoms with van der Waals surface area (Å²) in [5.74, 6) is 1.35. The van der Waals surface area contributed by atoms with Gasteiger partial charge in [0, 0.05) is 25.5 Å². The predicted octanol–water partition coefficient (Wildman–Crippen LogP) is 1.91. The van der Waals surface area contributed by atoms with Gasteiger partial charge in [0.15, 0.2) is 0 Å². The number of rotatable bonds is 5. The number of furan rings is 1. The Kier molecular flexibility index (Phi) is 3.82. The monoisotopic (exact) mass is 247 g/mol. The number of hydrogen-bond acceptors (Lipinski definition) is 3. The van der Waals surface area contributed by atoms with Gasteiger partial charge in [-0.15, -0.1) is 0 Å². The van der Waals surface area contributed by atoms with Crippen LogP contribution < -0.4 is 5.32 Å². The van der Waals surface area contributed by atoms with Crippen molar-refractivity contribution in [3.63, 3.8) is 0 Å². The summed E-state index contributed by atoms with van der Waals surface area (Å²) in [6.07, 6.45) is 6.30. The summed E-state index contributed by atoms with van der Waals surface area (Å²) in [5, 5.41) is 2.88. The van der Waals surface area contributed by atoms with Crippen molar-refractivity contribution in [1.29, 1.82) is 0 Å². The van der Waals surface area contributed by atoms with E-state index >= 15 is 0 Å². The van der Waals surface area contributed by atoms with E-state index in [2.05, 4.69) is 10.3 Å². The molecule has 0 atom stereocenters. The second-order valence-electron chi connectivity index (χ2n) is 4.24. The minimum Gasteiger partial charge on any atom is -0.466 e. The fourth-order valence-electron chi connectivity index (χ4n) is 1.83. The lowest BCUT2D eigenvalue weighted by Crippen LogP contribution is -2.25. The highest BCUT2D eigenvalue weighted by Gasteiger charge is 2.12. The van der Waals surface area contributed by atoms with Crippen molar-refractivity contribution in [1.82, 2.24) is 14.9 Å². The molecule has 0 aliphatic carbocycles. The molecule has 96 valence electrons. The van der Waals surface area contributed by atoms with E-state index in [4.69, 9.17) is 4.42 Å². The minimum absolute atomic E-state index is 0.0741. The zero-order chi connectivity index (χ0) is 13.0. The van der Waals surface area contributed by atoms with E-state index in [9.17, 15) is 4.79 Å². The fourth-order valence-corrected chi connectivity index (χ4v) is 1.83. The first-order valence-corrected chi connectivity index (χ1v) is 5.98. The molecule has 2 aromatic rings. The van der Waals surface area contributed by atoms with Gasteiger partial charge in [0.25, 0.3) is 5.91 Å². The van der Waals surface area contributed by atoms with Gasteiger partial charge in [-0.3, -0.25) is 4.79 Å². The zero-order valence-electron chi connectivity index (χ0n) is 10.6. The lowest BCUT2D eigenvalue weighted by Gasteiger charge is -2.04. The molecule has 0 spiro atoms. The fraction of sp³-hybridized carbons (Fsp3) is 0.385. The Balaban J connectivity index is 1.77. The number of amides is 1. The van der Waals surface area contributed by atoms with Crippen molar-refractivity contribution in [3.8, 4) is 0 Å². The molecule has 0 aliphatic heterocycles. The molecule has 18 heavy (non-hydrogen) atoms. The first-order chi connectivity index (χ1) is 8.66. The van der Waals surface area contributed by atoms with Gasteiger partial charge >= 0.3 is 0 Å². The third-order valence-electron chi connectivity index (χ3n) is 2.72. The summed E-state index contributed by atoms with van der Waals surface area (Å²) >= 11 is 0. The molecule has 5 nitrogen and oxygen atoms in total. The van der Waals surface area contributed by atoms with Crippen LogP contribution in [0.3, 0.4) is 0 Å². The van der Waals surface area contributed by atoms with E-state index < -0.39 is 0 Å². The van der Waals surface area contributed by atoms with Gasteiger partial charge in [-0.1, -0.05) is 0 Å². The molecule has 0 saturated carbocycles. The van der Waals surface area contributed by atoms with Crippen LogP contribution in [0.5, 0.6) is 0 Å². The Labute approximate surface area is 106 Å². The Bertz CT molecular complexity index is 514. The molecule has 5 heteroatoms. The van der Waals surface area contributed by atoms with Crippen molar-refractivity contribution in [2.45, 2.75) is 26.8 Å². The van der Waals surface area contributed by atoms with Crippen LogP contribution in [0.4, 0.5) is 0 Å². The molecule has 0 saturated heterocycles. The summed E-state index contributed by atoms with van der Waals surface area (Å²) in [5.41, 5.74) is 0.620. The van der Waals surface area contributed by atoms with Crippen LogP contribution in [0.2, 0.25) is 0 Å².